The second kappa shape index (κ2) is 7.90. The summed E-state index contributed by atoms with van der Waals surface area (Å²) in [7, 11) is 4.19. The Morgan fingerprint density at radius 3 is 2.55 bits per heavy atom. The van der Waals surface area contributed by atoms with Gasteiger partial charge in [0, 0.05) is 32.1 Å². The molecule has 0 unspecified atom stereocenters. The molecule has 1 aliphatic rings. The summed E-state index contributed by atoms with van der Waals surface area (Å²) < 4.78 is 6.85. The van der Waals surface area contributed by atoms with E-state index in [2.05, 4.69) is 49.8 Å². The predicted molar refractivity (Wildman–Crippen MR) is 84.1 cm³/mol. The number of rotatable bonds is 6. The fourth-order valence-electron chi connectivity index (χ4n) is 2.32. The van der Waals surface area contributed by atoms with E-state index in [1.165, 1.54) is 0 Å². The molecule has 6 heteroatoms. The lowest BCUT2D eigenvalue weighted by atomic mass is 10.1. The second-order valence-electron chi connectivity index (χ2n) is 5.42. The SMILES string of the molecule is CN(C)CCCOC1CCN(c2ncc(Br)cn2)CC1. The van der Waals surface area contributed by atoms with Crippen LogP contribution in [0.25, 0.3) is 0 Å². The van der Waals surface area contributed by atoms with Crippen molar-refractivity contribution < 1.29 is 4.74 Å². The highest BCUT2D eigenvalue weighted by Gasteiger charge is 2.21. The van der Waals surface area contributed by atoms with Gasteiger partial charge in [-0.15, -0.1) is 0 Å². The molecule has 0 aromatic carbocycles. The van der Waals surface area contributed by atoms with Crippen molar-refractivity contribution in [2.75, 3.05) is 45.2 Å². The Labute approximate surface area is 129 Å². The predicted octanol–water partition coefficient (Wildman–Crippen LogP) is 2.18. The van der Waals surface area contributed by atoms with Crippen LogP contribution in [0.5, 0.6) is 0 Å². The summed E-state index contributed by atoms with van der Waals surface area (Å²) in [6.07, 6.45) is 7.20. The van der Waals surface area contributed by atoms with E-state index in [0.29, 0.717) is 6.10 Å². The van der Waals surface area contributed by atoms with Crippen LogP contribution in [0.1, 0.15) is 19.3 Å². The zero-order chi connectivity index (χ0) is 14.4. The first-order valence-electron chi connectivity index (χ1n) is 7.14. The molecule has 2 rings (SSSR count). The van der Waals surface area contributed by atoms with Crippen LogP contribution in [0.3, 0.4) is 0 Å². The van der Waals surface area contributed by atoms with Gasteiger partial charge in [-0.05, 0) is 55.8 Å². The molecular weight excluding hydrogens is 320 g/mol. The Kier molecular flexibility index (Phi) is 6.19. The molecule has 1 aliphatic heterocycles. The van der Waals surface area contributed by atoms with Crippen LogP contribution < -0.4 is 4.90 Å². The molecule has 20 heavy (non-hydrogen) atoms. The molecule has 2 heterocycles. The van der Waals surface area contributed by atoms with Gasteiger partial charge in [0.1, 0.15) is 0 Å². The van der Waals surface area contributed by atoms with Gasteiger partial charge in [0.05, 0.1) is 10.6 Å². The van der Waals surface area contributed by atoms with E-state index >= 15 is 0 Å². The Balaban J connectivity index is 1.68. The first kappa shape index (κ1) is 15.7. The smallest absolute Gasteiger partial charge is 0.225 e. The van der Waals surface area contributed by atoms with Gasteiger partial charge < -0.3 is 14.5 Å². The molecule has 0 aliphatic carbocycles. The summed E-state index contributed by atoms with van der Waals surface area (Å²) in [6.45, 7) is 3.89. The van der Waals surface area contributed by atoms with Gasteiger partial charge in [0.15, 0.2) is 0 Å². The van der Waals surface area contributed by atoms with E-state index in [0.717, 1.165) is 55.9 Å². The Morgan fingerprint density at radius 1 is 1.30 bits per heavy atom. The van der Waals surface area contributed by atoms with Gasteiger partial charge in [0.25, 0.3) is 0 Å². The second-order valence-corrected chi connectivity index (χ2v) is 6.33. The lowest BCUT2D eigenvalue weighted by Crippen LogP contribution is -2.38. The highest BCUT2D eigenvalue weighted by Crippen LogP contribution is 2.18. The van der Waals surface area contributed by atoms with Gasteiger partial charge in [-0.3, -0.25) is 0 Å². The van der Waals surface area contributed by atoms with E-state index < -0.39 is 0 Å². The first-order chi connectivity index (χ1) is 9.65. The lowest BCUT2D eigenvalue weighted by molar-refractivity contribution is 0.0331. The molecule has 1 saturated heterocycles. The molecule has 0 bridgehead atoms. The molecule has 0 radical (unpaired) electrons. The quantitative estimate of drug-likeness (QED) is 0.741. The third-order valence-corrected chi connectivity index (χ3v) is 3.84. The number of piperidine rings is 1. The number of ether oxygens (including phenoxy) is 1. The van der Waals surface area contributed by atoms with E-state index in [9.17, 15) is 0 Å². The monoisotopic (exact) mass is 342 g/mol. The van der Waals surface area contributed by atoms with E-state index in [4.69, 9.17) is 4.74 Å². The van der Waals surface area contributed by atoms with Crippen LogP contribution in [0.2, 0.25) is 0 Å². The van der Waals surface area contributed by atoms with Crippen molar-refractivity contribution in [3.63, 3.8) is 0 Å². The van der Waals surface area contributed by atoms with Gasteiger partial charge >= 0.3 is 0 Å². The Hall–Kier alpha value is -0.720. The minimum absolute atomic E-state index is 0.392. The molecule has 0 N–H and O–H groups in total. The standard InChI is InChI=1S/C14H23BrN4O/c1-18(2)6-3-9-20-13-4-7-19(8-5-13)14-16-10-12(15)11-17-14/h10-11,13H,3-9H2,1-2H3. The molecule has 1 fully saturated rings. The van der Waals surface area contributed by atoms with Crippen molar-refractivity contribution in [3.8, 4) is 0 Å². The van der Waals surface area contributed by atoms with Crippen LogP contribution in [0, 0.1) is 0 Å². The number of hydrogen-bond donors (Lipinski definition) is 0. The topological polar surface area (TPSA) is 41.5 Å². The summed E-state index contributed by atoms with van der Waals surface area (Å²) in [4.78, 5) is 13.1. The molecule has 1 aromatic heterocycles. The zero-order valence-corrected chi connectivity index (χ0v) is 13.8. The number of nitrogens with zero attached hydrogens (tertiary/aromatic N) is 4. The summed E-state index contributed by atoms with van der Waals surface area (Å²) in [5, 5.41) is 0. The van der Waals surface area contributed by atoms with Crippen molar-refractivity contribution in [3.05, 3.63) is 16.9 Å². The van der Waals surface area contributed by atoms with Crippen LogP contribution in [0.4, 0.5) is 5.95 Å². The minimum Gasteiger partial charge on any atom is -0.378 e. The zero-order valence-electron chi connectivity index (χ0n) is 12.3. The van der Waals surface area contributed by atoms with Crippen molar-refractivity contribution in [1.82, 2.24) is 14.9 Å². The van der Waals surface area contributed by atoms with Gasteiger partial charge in [0.2, 0.25) is 5.95 Å². The highest BCUT2D eigenvalue weighted by molar-refractivity contribution is 9.10. The molecule has 5 nitrogen and oxygen atoms in total. The minimum atomic E-state index is 0.392. The Bertz CT molecular complexity index is 391. The summed E-state index contributed by atoms with van der Waals surface area (Å²) in [6, 6.07) is 0. The molecule has 0 saturated carbocycles. The third kappa shape index (κ3) is 5.00. The van der Waals surface area contributed by atoms with Gasteiger partial charge in [-0.1, -0.05) is 0 Å². The maximum atomic E-state index is 5.94. The Morgan fingerprint density at radius 2 is 1.95 bits per heavy atom. The molecule has 1 aromatic rings. The number of aromatic nitrogens is 2. The highest BCUT2D eigenvalue weighted by atomic mass is 79.9. The molecule has 0 amide bonds. The van der Waals surface area contributed by atoms with E-state index in [-0.39, 0.29) is 0 Å². The third-order valence-electron chi connectivity index (χ3n) is 3.43. The molecule has 0 atom stereocenters. The summed E-state index contributed by atoms with van der Waals surface area (Å²) >= 11 is 3.36. The van der Waals surface area contributed by atoms with Crippen LogP contribution in [-0.4, -0.2) is 61.3 Å². The molecule has 0 spiro atoms. The summed E-state index contributed by atoms with van der Waals surface area (Å²) in [5.74, 6) is 0.819. The van der Waals surface area contributed by atoms with E-state index in [1.54, 1.807) is 12.4 Å². The number of hydrogen-bond acceptors (Lipinski definition) is 5. The average molecular weight is 343 g/mol. The van der Waals surface area contributed by atoms with Crippen molar-refractivity contribution >= 4 is 21.9 Å². The molecule has 112 valence electrons. The molecular formula is C14H23BrN4O. The maximum Gasteiger partial charge on any atom is 0.225 e. The largest absolute Gasteiger partial charge is 0.378 e. The average Bonchev–Trinajstić information content (AvgIpc) is 2.45. The van der Waals surface area contributed by atoms with Crippen LogP contribution in [0.15, 0.2) is 16.9 Å². The van der Waals surface area contributed by atoms with Gasteiger partial charge in [-0.25, -0.2) is 9.97 Å². The normalized spacial score (nSPS) is 16.9. The van der Waals surface area contributed by atoms with Crippen molar-refractivity contribution in [1.29, 1.82) is 0 Å². The maximum absolute atomic E-state index is 5.94. The first-order valence-corrected chi connectivity index (χ1v) is 7.93. The lowest BCUT2D eigenvalue weighted by Gasteiger charge is -2.31. The van der Waals surface area contributed by atoms with Gasteiger partial charge in [-0.2, -0.15) is 0 Å². The van der Waals surface area contributed by atoms with Crippen LogP contribution in [-0.2, 0) is 4.74 Å². The number of anilines is 1. The van der Waals surface area contributed by atoms with Crippen molar-refractivity contribution in [2.45, 2.75) is 25.4 Å². The number of halogens is 1. The van der Waals surface area contributed by atoms with E-state index in [1.807, 2.05) is 0 Å². The summed E-state index contributed by atoms with van der Waals surface area (Å²) in [5.41, 5.74) is 0. The van der Waals surface area contributed by atoms with Crippen LogP contribution >= 0.6 is 15.9 Å². The van der Waals surface area contributed by atoms with Crippen molar-refractivity contribution in [2.24, 2.45) is 0 Å². The fourth-order valence-corrected chi connectivity index (χ4v) is 2.53. The fraction of sp³-hybridized carbons (Fsp3) is 0.714.